The highest BCUT2D eigenvalue weighted by atomic mass is 16.5. The van der Waals surface area contributed by atoms with Crippen molar-refractivity contribution < 1.29 is 4.74 Å². The lowest BCUT2D eigenvalue weighted by molar-refractivity contribution is 0.108. The van der Waals surface area contributed by atoms with Crippen molar-refractivity contribution in [1.29, 1.82) is 0 Å². The Labute approximate surface area is 64.1 Å². The van der Waals surface area contributed by atoms with Gasteiger partial charge in [-0.1, -0.05) is 19.9 Å². The van der Waals surface area contributed by atoms with Crippen LogP contribution in [0.2, 0.25) is 0 Å². The first-order valence-electron chi connectivity index (χ1n) is 3.96. The highest BCUT2D eigenvalue weighted by Gasteiger charge is 1.91. The molecule has 0 N–H and O–H groups in total. The molecular weight excluding hydrogens is 124 g/mol. The summed E-state index contributed by atoms with van der Waals surface area (Å²) in [5.41, 5.74) is 0. The highest BCUT2D eigenvalue weighted by molar-refractivity contribution is 4.64. The van der Waals surface area contributed by atoms with Crippen molar-refractivity contribution in [2.75, 3.05) is 13.2 Å². The lowest BCUT2D eigenvalue weighted by atomic mass is 10.2. The van der Waals surface area contributed by atoms with Crippen LogP contribution in [-0.2, 0) is 4.74 Å². The van der Waals surface area contributed by atoms with Gasteiger partial charge in [0.05, 0.1) is 0 Å². The first-order chi connectivity index (χ1) is 4.77. The summed E-state index contributed by atoms with van der Waals surface area (Å²) in [7, 11) is 0. The minimum absolute atomic E-state index is 0.656. The molecule has 10 heavy (non-hydrogen) atoms. The third-order valence-electron chi connectivity index (χ3n) is 1.15. The molecule has 0 aromatic rings. The number of hydrogen-bond donors (Lipinski definition) is 0. The van der Waals surface area contributed by atoms with Gasteiger partial charge in [0.1, 0.15) is 0 Å². The molecule has 0 radical (unpaired) electrons. The van der Waals surface area contributed by atoms with E-state index in [1.807, 2.05) is 6.08 Å². The van der Waals surface area contributed by atoms with Crippen LogP contribution in [0.5, 0.6) is 0 Å². The van der Waals surface area contributed by atoms with Gasteiger partial charge in [-0.2, -0.15) is 0 Å². The Bertz CT molecular complexity index is 76.8. The lowest BCUT2D eigenvalue weighted by Gasteiger charge is -2.04. The second kappa shape index (κ2) is 6.81. The Morgan fingerprint density at radius 1 is 1.50 bits per heavy atom. The smallest absolute Gasteiger partial charge is 0.0488 e. The highest BCUT2D eigenvalue weighted by Crippen LogP contribution is 1.95. The van der Waals surface area contributed by atoms with E-state index < -0.39 is 0 Å². The van der Waals surface area contributed by atoms with Crippen LogP contribution in [0, 0.1) is 5.92 Å². The molecule has 0 unspecified atom stereocenters. The van der Waals surface area contributed by atoms with E-state index in [0.717, 1.165) is 26.1 Å². The van der Waals surface area contributed by atoms with Crippen molar-refractivity contribution in [2.24, 2.45) is 5.92 Å². The molecule has 0 bridgehead atoms. The van der Waals surface area contributed by atoms with Crippen LogP contribution in [0.15, 0.2) is 12.7 Å². The molecule has 0 aromatic heterocycles. The van der Waals surface area contributed by atoms with Gasteiger partial charge in [0.25, 0.3) is 0 Å². The number of ether oxygens (including phenoxy) is 1. The van der Waals surface area contributed by atoms with Gasteiger partial charge in [0.15, 0.2) is 0 Å². The van der Waals surface area contributed by atoms with Gasteiger partial charge >= 0.3 is 0 Å². The molecule has 0 spiro atoms. The normalized spacial score (nSPS) is 10.3. The van der Waals surface area contributed by atoms with Crippen molar-refractivity contribution in [3.8, 4) is 0 Å². The Morgan fingerprint density at radius 3 is 2.70 bits per heavy atom. The summed E-state index contributed by atoms with van der Waals surface area (Å²) in [6, 6.07) is 0. The van der Waals surface area contributed by atoms with Crippen molar-refractivity contribution in [3.63, 3.8) is 0 Å². The van der Waals surface area contributed by atoms with Crippen LogP contribution in [-0.4, -0.2) is 13.2 Å². The Hall–Kier alpha value is -0.300. The molecule has 1 nitrogen and oxygen atoms in total. The molecule has 0 atom stereocenters. The van der Waals surface area contributed by atoms with E-state index in [2.05, 4.69) is 20.4 Å². The van der Waals surface area contributed by atoms with Crippen LogP contribution < -0.4 is 0 Å². The molecule has 1 heteroatoms. The summed E-state index contributed by atoms with van der Waals surface area (Å²) in [4.78, 5) is 0. The van der Waals surface area contributed by atoms with Crippen LogP contribution >= 0.6 is 0 Å². The third kappa shape index (κ3) is 7.70. The van der Waals surface area contributed by atoms with Crippen LogP contribution in [0.4, 0.5) is 0 Å². The summed E-state index contributed by atoms with van der Waals surface area (Å²) in [6.45, 7) is 9.72. The molecule has 0 rings (SSSR count). The monoisotopic (exact) mass is 142 g/mol. The minimum Gasteiger partial charge on any atom is -0.381 e. The van der Waals surface area contributed by atoms with Crippen molar-refractivity contribution in [2.45, 2.75) is 26.7 Å². The Morgan fingerprint density at radius 2 is 2.20 bits per heavy atom. The second-order valence-corrected chi connectivity index (χ2v) is 2.90. The zero-order valence-corrected chi connectivity index (χ0v) is 7.10. The molecule has 60 valence electrons. The fourth-order valence-electron chi connectivity index (χ4n) is 0.649. The van der Waals surface area contributed by atoms with Crippen molar-refractivity contribution >= 4 is 0 Å². The van der Waals surface area contributed by atoms with Crippen molar-refractivity contribution in [1.82, 2.24) is 0 Å². The van der Waals surface area contributed by atoms with Gasteiger partial charge in [-0.15, -0.1) is 6.58 Å². The summed E-state index contributed by atoms with van der Waals surface area (Å²) >= 11 is 0. The van der Waals surface area contributed by atoms with E-state index in [-0.39, 0.29) is 0 Å². The molecule has 0 amide bonds. The van der Waals surface area contributed by atoms with E-state index in [0.29, 0.717) is 5.92 Å². The first-order valence-corrected chi connectivity index (χ1v) is 3.96. The number of unbranched alkanes of at least 4 members (excludes halogenated alkanes) is 1. The lowest BCUT2D eigenvalue weighted by Crippen LogP contribution is -2.02. The van der Waals surface area contributed by atoms with Gasteiger partial charge in [0, 0.05) is 13.2 Å². The molecule has 0 heterocycles. The van der Waals surface area contributed by atoms with E-state index in [4.69, 9.17) is 4.74 Å². The maximum Gasteiger partial charge on any atom is 0.0488 e. The zero-order chi connectivity index (χ0) is 7.82. The molecular formula is C9H18O. The van der Waals surface area contributed by atoms with E-state index in [1.165, 1.54) is 0 Å². The number of rotatable bonds is 6. The van der Waals surface area contributed by atoms with E-state index >= 15 is 0 Å². The van der Waals surface area contributed by atoms with Gasteiger partial charge in [-0.3, -0.25) is 0 Å². The van der Waals surface area contributed by atoms with Crippen LogP contribution in [0.25, 0.3) is 0 Å². The van der Waals surface area contributed by atoms with Crippen molar-refractivity contribution in [3.05, 3.63) is 12.7 Å². The summed E-state index contributed by atoms with van der Waals surface area (Å²) in [5.74, 6) is 0.656. The molecule has 0 aliphatic carbocycles. The summed E-state index contributed by atoms with van der Waals surface area (Å²) in [5, 5.41) is 0. The van der Waals surface area contributed by atoms with Gasteiger partial charge < -0.3 is 4.74 Å². The quantitative estimate of drug-likeness (QED) is 0.409. The maximum atomic E-state index is 5.35. The molecule has 0 aliphatic rings. The van der Waals surface area contributed by atoms with Gasteiger partial charge in [0.2, 0.25) is 0 Å². The summed E-state index contributed by atoms with van der Waals surface area (Å²) < 4.78 is 5.35. The van der Waals surface area contributed by atoms with Crippen LogP contribution in [0.3, 0.4) is 0 Å². The van der Waals surface area contributed by atoms with E-state index in [1.54, 1.807) is 0 Å². The average molecular weight is 142 g/mol. The van der Waals surface area contributed by atoms with E-state index in [9.17, 15) is 0 Å². The Balaban J connectivity index is 2.83. The minimum atomic E-state index is 0.656. The SMILES string of the molecule is C=CCCCOCC(C)C. The third-order valence-corrected chi connectivity index (χ3v) is 1.15. The second-order valence-electron chi connectivity index (χ2n) is 2.90. The molecule has 0 aromatic carbocycles. The number of hydrogen-bond acceptors (Lipinski definition) is 1. The largest absolute Gasteiger partial charge is 0.381 e. The van der Waals surface area contributed by atoms with Gasteiger partial charge in [-0.05, 0) is 18.8 Å². The molecule has 0 saturated carbocycles. The predicted molar refractivity (Wildman–Crippen MR) is 45.1 cm³/mol. The molecule has 0 saturated heterocycles. The standard InChI is InChI=1S/C9H18O/c1-4-5-6-7-10-8-9(2)3/h4,9H,1,5-8H2,2-3H3. The zero-order valence-electron chi connectivity index (χ0n) is 7.10. The summed E-state index contributed by atoms with van der Waals surface area (Å²) in [6.07, 6.45) is 4.10. The topological polar surface area (TPSA) is 9.23 Å². The average Bonchev–Trinajstić information content (AvgIpc) is 1.87. The fraction of sp³-hybridized carbons (Fsp3) is 0.778. The van der Waals surface area contributed by atoms with Gasteiger partial charge in [-0.25, -0.2) is 0 Å². The Kier molecular flexibility index (Phi) is 6.61. The predicted octanol–water partition coefficient (Wildman–Crippen LogP) is 2.63. The number of allylic oxidation sites excluding steroid dienone is 1. The fourth-order valence-corrected chi connectivity index (χ4v) is 0.649. The molecule has 0 fully saturated rings. The maximum absolute atomic E-state index is 5.35. The first kappa shape index (κ1) is 9.70. The molecule has 0 aliphatic heterocycles. The van der Waals surface area contributed by atoms with Crippen LogP contribution in [0.1, 0.15) is 26.7 Å².